The van der Waals surface area contributed by atoms with E-state index in [1.807, 2.05) is 13.8 Å². The van der Waals surface area contributed by atoms with Crippen LogP contribution in [0.1, 0.15) is 118 Å². The van der Waals surface area contributed by atoms with Gasteiger partial charge in [-0.05, 0) is 77.0 Å². The van der Waals surface area contributed by atoms with Crippen LogP contribution in [-0.2, 0) is 48.1 Å². The van der Waals surface area contributed by atoms with Gasteiger partial charge in [-0.1, -0.05) is 39.5 Å². The maximum atomic E-state index is 13.3. The summed E-state index contributed by atoms with van der Waals surface area (Å²) < 4.78 is 24.5. The van der Waals surface area contributed by atoms with E-state index in [2.05, 4.69) is 13.8 Å². The molecule has 0 amide bonds. The molecule has 10 fully saturated rings. The summed E-state index contributed by atoms with van der Waals surface area (Å²) in [7, 11) is 0. The van der Waals surface area contributed by atoms with Gasteiger partial charge in [0.05, 0.1) is 11.8 Å². The molecule has 2 saturated carbocycles. The zero-order chi connectivity index (χ0) is 30.5. The lowest BCUT2D eigenvalue weighted by Crippen LogP contribution is -2.70. The Bertz CT molecular complexity index is 1070. The Kier molecular flexibility index (Phi) is 7.25. The van der Waals surface area contributed by atoms with Gasteiger partial charge in [0.25, 0.3) is 0 Å². The van der Waals surface area contributed by atoms with Crippen LogP contribution in [0.15, 0.2) is 0 Å². The van der Waals surface area contributed by atoms with Gasteiger partial charge in [-0.15, -0.1) is 0 Å². The summed E-state index contributed by atoms with van der Waals surface area (Å²) in [5, 5.41) is 0. The van der Waals surface area contributed by atoms with Crippen LogP contribution < -0.4 is 0 Å². The predicted molar refractivity (Wildman–Crippen MR) is 152 cm³/mol. The molecule has 0 aromatic heterocycles. The molecule has 14 atom stereocenters. The molecular formula is C34H50O10. The zero-order valence-electron chi connectivity index (χ0n) is 26.8. The third kappa shape index (κ3) is 4.33. The second-order valence-electron chi connectivity index (χ2n) is 15.9. The SMILES string of the molecule is C[C@@H]1CCC2[C@H](CCCCCC[C@@H]3C(=O)O[C@@H]4O[C@@]5(C)CC[C@H]6[C@H](C)CCC3[C@@]46OO5)C(=O)O[C@@H]3O[C@]4(C)CC[C@@H]1C23OO4. The van der Waals surface area contributed by atoms with Gasteiger partial charge in [-0.25, -0.2) is 19.6 Å². The first-order valence-electron chi connectivity index (χ1n) is 17.6. The van der Waals surface area contributed by atoms with E-state index in [0.717, 1.165) is 89.9 Å². The molecule has 0 radical (unpaired) electrons. The lowest BCUT2D eigenvalue weighted by Gasteiger charge is -2.58. The van der Waals surface area contributed by atoms with Crippen LogP contribution in [0.3, 0.4) is 0 Å². The van der Waals surface area contributed by atoms with E-state index in [4.69, 9.17) is 38.5 Å². The number of rotatable bonds is 7. The minimum atomic E-state index is -0.868. The third-order valence-corrected chi connectivity index (χ3v) is 13.4. The molecule has 2 aliphatic carbocycles. The molecule has 8 aliphatic heterocycles. The molecule has 10 rings (SSSR count). The highest BCUT2D eigenvalue weighted by atomic mass is 17.3. The first-order chi connectivity index (χ1) is 21.1. The predicted octanol–water partition coefficient (Wildman–Crippen LogP) is 6.10. The van der Waals surface area contributed by atoms with E-state index in [1.165, 1.54) is 0 Å². The summed E-state index contributed by atoms with van der Waals surface area (Å²) in [6.45, 7) is 8.33. The van der Waals surface area contributed by atoms with E-state index < -0.39 is 35.4 Å². The molecule has 8 saturated heterocycles. The summed E-state index contributed by atoms with van der Waals surface area (Å²) in [6, 6.07) is 0. The summed E-state index contributed by atoms with van der Waals surface area (Å²) in [6.07, 6.45) is 11.3. The Labute approximate surface area is 260 Å². The second kappa shape index (κ2) is 10.6. The number of fused-ring (bicyclic) bond motifs is 4. The van der Waals surface area contributed by atoms with Crippen molar-refractivity contribution in [3.05, 3.63) is 0 Å². The standard InChI is InChI=1S/C34H50O10/c1-19-11-13-25-21(27(35)37-29-33(25)23(19)15-17-31(3,39-29)41-43-33)9-7-5-6-8-10-22-26-14-12-20(2)24-16-18-32(4)40-30(38-28(22)36)34(24,26)44-42-32/h19-26,29-30H,5-18H2,1-4H3/t19-,20-,21+,22+,23+,24+,25?,26?,29-,30-,31-,32+,33-,34?/m1/s1. The van der Waals surface area contributed by atoms with E-state index in [-0.39, 0.29) is 47.4 Å². The van der Waals surface area contributed by atoms with Crippen molar-refractivity contribution in [2.75, 3.05) is 0 Å². The lowest BCUT2D eigenvalue weighted by atomic mass is 9.57. The highest BCUT2D eigenvalue weighted by Crippen LogP contribution is 2.62. The molecule has 10 aliphatic rings. The third-order valence-electron chi connectivity index (χ3n) is 13.4. The Balaban J connectivity index is 0.891. The smallest absolute Gasteiger partial charge is 0.311 e. The number of ether oxygens (including phenoxy) is 4. The molecule has 0 aromatic rings. The Morgan fingerprint density at radius 2 is 1.00 bits per heavy atom. The van der Waals surface area contributed by atoms with Gasteiger partial charge >= 0.3 is 11.9 Å². The molecular weight excluding hydrogens is 568 g/mol. The molecule has 44 heavy (non-hydrogen) atoms. The van der Waals surface area contributed by atoms with Crippen molar-refractivity contribution >= 4 is 11.9 Å². The fraction of sp³-hybridized carbons (Fsp3) is 0.941. The van der Waals surface area contributed by atoms with Crippen LogP contribution in [0, 0.1) is 47.3 Å². The van der Waals surface area contributed by atoms with Crippen LogP contribution in [0.25, 0.3) is 0 Å². The number of carbonyl (C=O) groups excluding carboxylic acids is 2. The average Bonchev–Trinajstić information content (AvgIpc) is 3.36. The quantitative estimate of drug-likeness (QED) is 0.189. The fourth-order valence-corrected chi connectivity index (χ4v) is 11.0. The molecule has 4 bridgehead atoms. The van der Waals surface area contributed by atoms with Crippen molar-refractivity contribution in [2.45, 2.75) is 153 Å². The molecule has 8 heterocycles. The van der Waals surface area contributed by atoms with Crippen LogP contribution in [0.4, 0.5) is 0 Å². The van der Waals surface area contributed by atoms with Gasteiger partial charge in [0, 0.05) is 36.5 Å². The van der Waals surface area contributed by atoms with Crippen LogP contribution in [0.5, 0.6) is 0 Å². The van der Waals surface area contributed by atoms with Crippen molar-refractivity contribution in [3.63, 3.8) is 0 Å². The molecule has 0 aromatic carbocycles. The fourth-order valence-electron chi connectivity index (χ4n) is 11.0. The highest BCUT2D eigenvalue weighted by molar-refractivity contribution is 5.75. The molecule has 3 unspecified atom stereocenters. The van der Waals surface area contributed by atoms with E-state index in [1.54, 1.807) is 0 Å². The average molecular weight is 619 g/mol. The maximum absolute atomic E-state index is 13.3. The van der Waals surface area contributed by atoms with Crippen LogP contribution in [-0.4, -0.2) is 47.3 Å². The minimum absolute atomic E-state index is 0.0322. The summed E-state index contributed by atoms with van der Waals surface area (Å²) in [5.74, 6) is -1.01. The molecule has 10 heteroatoms. The van der Waals surface area contributed by atoms with E-state index >= 15 is 0 Å². The Morgan fingerprint density at radius 1 is 0.568 bits per heavy atom. The van der Waals surface area contributed by atoms with Gasteiger partial charge in [0.1, 0.15) is 0 Å². The number of hydrogen-bond donors (Lipinski definition) is 0. The molecule has 246 valence electrons. The van der Waals surface area contributed by atoms with Gasteiger partial charge in [-0.2, -0.15) is 0 Å². The molecule has 2 spiro atoms. The van der Waals surface area contributed by atoms with Gasteiger partial charge in [0.2, 0.25) is 24.2 Å². The summed E-state index contributed by atoms with van der Waals surface area (Å²) >= 11 is 0. The largest absolute Gasteiger partial charge is 0.432 e. The number of esters is 2. The maximum Gasteiger partial charge on any atom is 0.311 e. The van der Waals surface area contributed by atoms with Crippen LogP contribution >= 0.6 is 0 Å². The molecule has 0 N–H and O–H groups in total. The van der Waals surface area contributed by atoms with Crippen LogP contribution in [0.2, 0.25) is 0 Å². The van der Waals surface area contributed by atoms with Crippen molar-refractivity contribution in [3.8, 4) is 0 Å². The number of unbranched alkanes of at least 4 members (excludes halogenated alkanes) is 3. The first-order valence-corrected chi connectivity index (χ1v) is 17.6. The Morgan fingerprint density at radius 3 is 1.43 bits per heavy atom. The zero-order valence-corrected chi connectivity index (χ0v) is 26.8. The van der Waals surface area contributed by atoms with Crippen molar-refractivity contribution in [1.29, 1.82) is 0 Å². The van der Waals surface area contributed by atoms with Crippen molar-refractivity contribution in [2.24, 2.45) is 47.3 Å². The molecule has 10 nitrogen and oxygen atoms in total. The second-order valence-corrected chi connectivity index (χ2v) is 15.9. The first kappa shape index (κ1) is 30.1. The van der Waals surface area contributed by atoms with Gasteiger partial charge < -0.3 is 18.9 Å². The van der Waals surface area contributed by atoms with Crippen molar-refractivity contribution < 1.29 is 48.1 Å². The van der Waals surface area contributed by atoms with Gasteiger partial charge in [0.15, 0.2) is 11.2 Å². The monoisotopic (exact) mass is 618 g/mol. The minimum Gasteiger partial charge on any atom is -0.432 e. The Hall–Kier alpha value is -1.30. The lowest BCUT2D eigenvalue weighted by molar-refractivity contribution is -0.559. The summed E-state index contributed by atoms with van der Waals surface area (Å²) in [5.41, 5.74) is -1.44. The normalized spacial score (nSPS) is 54.0. The van der Waals surface area contributed by atoms with E-state index in [9.17, 15) is 9.59 Å². The van der Waals surface area contributed by atoms with Crippen molar-refractivity contribution in [1.82, 2.24) is 0 Å². The van der Waals surface area contributed by atoms with Gasteiger partial charge in [-0.3, -0.25) is 9.59 Å². The number of hydrogen-bond acceptors (Lipinski definition) is 10. The summed E-state index contributed by atoms with van der Waals surface area (Å²) in [4.78, 5) is 51.0. The van der Waals surface area contributed by atoms with E-state index in [0.29, 0.717) is 11.8 Å². The number of carbonyl (C=O) groups is 2. The highest BCUT2D eigenvalue weighted by Gasteiger charge is 2.72. The topological polar surface area (TPSA) is 108 Å².